The molecule has 2 aliphatic carbocycles. The van der Waals surface area contributed by atoms with Crippen LogP contribution in [-0.2, 0) is 4.84 Å². The standard InChI is InChI=1S/C8H15NO.ClH/c9-10-5-8-4-6-1-2-7(8)3-6;/h6-8H,1-5,9H2;1H/t6-,7+,8+;/m1./s1. The van der Waals surface area contributed by atoms with Crippen LogP contribution in [0, 0.1) is 17.8 Å². The van der Waals surface area contributed by atoms with Gasteiger partial charge in [0, 0.05) is 0 Å². The highest BCUT2D eigenvalue weighted by molar-refractivity contribution is 5.85. The van der Waals surface area contributed by atoms with Crippen molar-refractivity contribution in [3.63, 3.8) is 0 Å². The van der Waals surface area contributed by atoms with Gasteiger partial charge < -0.3 is 4.84 Å². The van der Waals surface area contributed by atoms with E-state index >= 15 is 0 Å². The Labute approximate surface area is 73.8 Å². The second kappa shape index (κ2) is 3.74. The molecule has 3 atom stereocenters. The van der Waals surface area contributed by atoms with Crippen molar-refractivity contribution >= 4 is 12.4 Å². The van der Waals surface area contributed by atoms with Gasteiger partial charge >= 0.3 is 0 Å². The number of fused-ring (bicyclic) bond motifs is 2. The third kappa shape index (κ3) is 1.68. The van der Waals surface area contributed by atoms with Gasteiger partial charge in [-0.3, -0.25) is 0 Å². The average molecular weight is 178 g/mol. The zero-order valence-electron chi connectivity index (χ0n) is 6.66. The van der Waals surface area contributed by atoms with Crippen molar-refractivity contribution in [2.45, 2.75) is 25.7 Å². The van der Waals surface area contributed by atoms with Gasteiger partial charge in [0.05, 0.1) is 6.61 Å². The van der Waals surface area contributed by atoms with E-state index in [2.05, 4.69) is 4.84 Å². The number of hydrogen-bond donors (Lipinski definition) is 1. The van der Waals surface area contributed by atoms with Crippen LogP contribution in [-0.4, -0.2) is 6.61 Å². The first-order chi connectivity index (χ1) is 4.90. The molecule has 11 heavy (non-hydrogen) atoms. The summed E-state index contributed by atoms with van der Waals surface area (Å²) in [4.78, 5) is 4.68. The minimum atomic E-state index is 0. The Balaban J connectivity index is 0.000000605. The molecule has 0 aromatic rings. The second-order valence-electron chi connectivity index (χ2n) is 3.77. The first kappa shape index (κ1) is 9.30. The lowest BCUT2D eigenvalue weighted by Gasteiger charge is -2.19. The number of hydrogen-bond acceptors (Lipinski definition) is 2. The van der Waals surface area contributed by atoms with E-state index in [1.807, 2.05) is 0 Å². The molecule has 3 heteroatoms. The molecular weight excluding hydrogens is 162 g/mol. The van der Waals surface area contributed by atoms with Crippen molar-refractivity contribution in [1.82, 2.24) is 0 Å². The fourth-order valence-corrected chi connectivity index (χ4v) is 2.70. The molecule has 2 bridgehead atoms. The number of halogens is 1. The third-order valence-corrected chi connectivity index (χ3v) is 3.19. The summed E-state index contributed by atoms with van der Waals surface area (Å²) in [6, 6.07) is 0. The summed E-state index contributed by atoms with van der Waals surface area (Å²) in [5.41, 5.74) is 0. The van der Waals surface area contributed by atoms with Crippen LogP contribution >= 0.6 is 12.4 Å². The molecule has 0 heterocycles. The summed E-state index contributed by atoms with van der Waals surface area (Å²) < 4.78 is 0. The van der Waals surface area contributed by atoms with Crippen molar-refractivity contribution in [2.24, 2.45) is 23.7 Å². The molecule has 2 N–H and O–H groups in total. The van der Waals surface area contributed by atoms with Gasteiger partial charge in [0.15, 0.2) is 0 Å². The predicted octanol–water partition coefficient (Wildman–Crippen LogP) is 1.73. The van der Waals surface area contributed by atoms with Gasteiger partial charge in [-0.15, -0.1) is 12.4 Å². The molecule has 0 aliphatic heterocycles. The van der Waals surface area contributed by atoms with Crippen molar-refractivity contribution in [3.8, 4) is 0 Å². The third-order valence-electron chi connectivity index (χ3n) is 3.19. The van der Waals surface area contributed by atoms with Crippen LogP contribution in [0.15, 0.2) is 0 Å². The molecular formula is C8H16ClNO. The van der Waals surface area contributed by atoms with E-state index in [0.717, 1.165) is 24.4 Å². The van der Waals surface area contributed by atoms with Gasteiger partial charge in [0.2, 0.25) is 0 Å². The van der Waals surface area contributed by atoms with Crippen LogP contribution in [0.1, 0.15) is 25.7 Å². The largest absolute Gasteiger partial charge is 0.304 e. The SMILES string of the molecule is Cl.NOC[C@@H]1C[C@@H]2CC[C@H]1C2. The highest BCUT2D eigenvalue weighted by Crippen LogP contribution is 2.48. The maximum Gasteiger partial charge on any atom is 0.0710 e. The van der Waals surface area contributed by atoms with Crippen LogP contribution in [0.3, 0.4) is 0 Å². The molecule has 0 aromatic heterocycles. The summed E-state index contributed by atoms with van der Waals surface area (Å²) in [6.07, 6.45) is 5.72. The fraction of sp³-hybridized carbons (Fsp3) is 1.00. The minimum absolute atomic E-state index is 0. The maximum absolute atomic E-state index is 5.04. The molecule has 0 amide bonds. The maximum atomic E-state index is 5.04. The van der Waals surface area contributed by atoms with Gasteiger partial charge in [0.25, 0.3) is 0 Å². The molecule has 0 spiro atoms. The highest BCUT2D eigenvalue weighted by atomic mass is 35.5. The Bertz CT molecular complexity index is 131. The van der Waals surface area contributed by atoms with E-state index < -0.39 is 0 Å². The van der Waals surface area contributed by atoms with Crippen LogP contribution in [0.25, 0.3) is 0 Å². The van der Waals surface area contributed by atoms with E-state index in [9.17, 15) is 0 Å². The van der Waals surface area contributed by atoms with Gasteiger partial charge in [0.1, 0.15) is 0 Å². The molecule has 66 valence electrons. The summed E-state index contributed by atoms with van der Waals surface area (Å²) in [6.45, 7) is 0.793. The van der Waals surface area contributed by atoms with Crippen molar-refractivity contribution in [1.29, 1.82) is 0 Å². The molecule has 2 nitrogen and oxygen atoms in total. The van der Waals surface area contributed by atoms with E-state index in [1.54, 1.807) is 0 Å². The van der Waals surface area contributed by atoms with Crippen molar-refractivity contribution in [3.05, 3.63) is 0 Å². The molecule has 2 aliphatic rings. The zero-order valence-corrected chi connectivity index (χ0v) is 7.48. The zero-order chi connectivity index (χ0) is 6.97. The van der Waals surface area contributed by atoms with Crippen molar-refractivity contribution in [2.75, 3.05) is 6.61 Å². The Morgan fingerprint density at radius 1 is 1.27 bits per heavy atom. The Hall–Kier alpha value is 0.210. The van der Waals surface area contributed by atoms with Crippen LogP contribution in [0.5, 0.6) is 0 Å². The van der Waals surface area contributed by atoms with E-state index in [4.69, 9.17) is 5.90 Å². The van der Waals surface area contributed by atoms with Gasteiger partial charge in [-0.2, -0.15) is 0 Å². The van der Waals surface area contributed by atoms with Gasteiger partial charge in [-0.25, -0.2) is 5.90 Å². The molecule has 0 saturated heterocycles. The fourth-order valence-electron chi connectivity index (χ4n) is 2.70. The lowest BCUT2D eigenvalue weighted by atomic mass is 9.90. The number of nitrogens with two attached hydrogens (primary N) is 1. The summed E-state index contributed by atoms with van der Waals surface area (Å²) in [5.74, 6) is 7.81. The normalized spacial score (nSPS) is 40.6. The quantitative estimate of drug-likeness (QED) is 0.653. The van der Waals surface area contributed by atoms with E-state index in [1.165, 1.54) is 25.7 Å². The summed E-state index contributed by atoms with van der Waals surface area (Å²) >= 11 is 0. The molecule has 2 saturated carbocycles. The Morgan fingerprint density at radius 3 is 2.55 bits per heavy atom. The number of rotatable bonds is 2. The second-order valence-corrected chi connectivity index (χ2v) is 3.77. The molecule has 2 fully saturated rings. The molecule has 0 radical (unpaired) electrons. The lowest BCUT2D eigenvalue weighted by Crippen LogP contribution is -2.18. The smallest absolute Gasteiger partial charge is 0.0710 e. The monoisotopic (exact) mass is 177 g/mol. The van der Waals surface area contributed by atoms with Crippen LogP contribution in [0.2, 0.25) is 0 Å². The predicted molar refractivity (Wildman–Crippen MR) is 46.3 cm³/mol. The Morgan fingerprint density at radius 2 is 2.09 bits per heavy atom. The van der Waals surface area contributed by atoms with Gasteiger partial charge in [-0.05, 0) is 37.0 Å². The van der Waals surface area contributed by atoms with Gasteiger partial charge in [-0.1, -0.05) is 6.42 Å². The minimum Gasteiger partial charge on any atom is -0.304 e. The molecule has 0 unspecified atom stereocenters. The first-order valence-corrected chi connectivity index (χ1v) is 4.22. The highest BCUT2D eigenvalue weighted by Gasteiger charge is 2.39. The average Bonchev–Trinajstić information content (AvgIpc) is 2.48. The summed E-state index contributed by atoms with van der Waals surface area (Å²) in [7, 11) is 0. The molecule has 2 rings (SSSR count). The van der Waals surface area contributed by atoms with Crippen molar-refractivity contribution < 1.29 is 4.84 Å². The van der Waals surface area contributed by atoms with E-state index in [0.29, 0.717) is 0 Å². The molecule has 0 aromatic carbocycles. The van der Waals surface area contributed by atoms with Crippen LogP contribution < -0.4 is 5.90 Å². The van der Waals surface area contributed by atoms with E-state index in [-0.39, 0.29) is 12.4 Å². The van der Waals surface area contributed by atoms with Crippen LogP contribution in [0.4, 0.5) is 0 Å². The lowest BCUT2D eigenvalue weighted by molar-refractivity contribution is 0.0796. The topological polar surface area (TPSA) is 35.2 Å². The Kier molecular flexibility index (Phi) is 3.16. The first-order valence-electron chi connectivity index (χ1n) is 4.22. The summed E-state index contributed by atoms with van der Waals surface area (Å²) in [5, 5.41) is 0.